The third-order valence-corrected chi connectivity index (χ3v) is 6.52. The Morgan fingerprint density at radius 3 is 2.86 bits per heavy atom. The smallest absolute Gasteiger partial charge is 0.230 e. The molecule has 0 aliphatic carbocycles. The van der Waals surface area contributed by atoms with Crippen LogP contribution in [0.2, 0.25) is 0 Å². The lowest BCUT2D eigenvalue weighted by atomic mass is 9.95. The predicted octanol–water partition coefficient (Wildman–Crippen LogP) is 4.72. The lowest BCUT2D eigenvalue weighted by Crippen LogP contribution is -2.38. The summed E-state index contributed by atoms with van der Waals surface area (Å²) in [5, 5.41) is 15.4. The van der Waals surface area contributed by atoms with Gasteiger partial charge in [0.25, 0.3) is 0 Å². The van der Waals surface area contributed by atoms with Gasteiger partial charge in [-0.25, -0.2) is 4.39 Å². The Morgan fingerprint density at radius 2 is 2.14 bits per heavy atom. The van der Waals surface area contributed by atoms with Gasteiger partial charge in [0.1, 0.15) is 5.82 Å². The van der Waals surface area contributed by atoms with Gasteiger partial charge in [-0.15, -0.1) is 5.10 Å². The van der Waals surface area contributed by atoms with E-state index in [0.29, 0.717) is 32.9 Å². The molecular weight excluding hydrogens is 391 g/mol. The van der Waals surface area contributed by atoms with Crippen molar-refractivity contribution < 1.29 is 13.9 Å². The summed E-state index contributed by atoms with van der Waals surface area (Å²) >= 11 is 1.34. The van der Waals surface area contributed by atoms with Gasteiger partial charge in [0.2, 0.25) is 16.7 Å². The molecule has 0 radical (unpaired) electrons. The molecule has 0 unspecified atom stereocenters. The summed E-state index contributed by atoms with van der Waals surface area (Å²) in [5.74, 6) is 1.20. The highest BCUT2D eigenvalue weighted by Crippen LogP contribution is 2.42. The van der Waals surface area contributed by atoms with E-state index in [0.717, 1.165) is 25.9 Å². The van der Waals surface area contributed by atoms with Crippen LogP contribution in [0.3, 0.4) is 0 Å². The summed E-state index contributed by atoms with van der Waals surface area (Å²) < 4.78 is 21.6. The molecule has 1 aromatic carbocycles. The van der Waals surface area contributed by atoms with Crippen molar-refractivity contribution in [2.75, 3.05) is 13.1 Å². The molecule has 0 saturated carbocycles. The Labute approximate surface area is 171 Å². The summed E-state index contributed by atoms with van der Waals surface area (Å²) in [7, 11) is 0. The molecule has 5 rings (SSSR count). The maximum Gasteiger partial charge on any atom is 0.230 e. The van der Waals surface area contributed by atoms with E-state index in [-0.39, 0.29) is 17.7 Å². The van der Waals surface area contributed by atoms with Gasteiger partial charge >= 0.3 is 0 Å². The van der Waals surface area contributed by atoms with Crippen molar-refractivity contribution >= 4 is 16.3 Å². The number of aromatic nitrogens is 3. The number of fused-ring (bicyclic) bond motifs is 1. The SMILES string of the molecule is C[C@H]1CCCN([C@@H](c2ccccc2F)c2sc3nc(-c4ccco4)nn3c2O)C1. The second-order valence-electron chi connectivity index (χ2n) is 7.56. The lowest BCUT2D eigenvalue weighted by Gasteiger charge is -2.37. The molecule has 1 N–H and O–H groups in total. The van der Waals surface area contributed by atoms with Crippen molar-refractivity contribution in [2.24, 2.45) is 5.92 Å². The Bertz CT molecular complexity index is 1140. The summed E-state index contributed by atoms with van der Waals surface area (Å²) in [6.45, 7) is 3.92. The van der Waals surface area contributed by atoms with Gasteiger partial charge in [-0.05, 0) is 43.5 Å². The summed E-state index contributed by atoms with van der Waals surface area (Å²) in [4.78, 5) is 7.96. The Hall–Kier alpha value is -2.71. The van der Waals surface area contributed by atoms with E-state index in [2.05, 4.69) is 21.9 Å². The van der Waals surface area contributed by atoms with Gasteiger partial charge in [0.15, 0.2) is 5.76 Å². The number of piperidine rings is 1. The van der Waals surface area contributed by atoms with E-state index in [9.17, 15) is 9.50 Å². The van der Waals surface area contributed by atoms with Crippen molar-refractivity contribution in [2.45, 2.75) is 25.8 Å². The molecule has 1 fully saturated rings. The Morgan fingerprint density at radius 1 is 1.28 bits per heavy atom. The van der Waals surface area contributed by atoms with Crippen molar-refractivity contribution in [3.63, 3.8) is 0 Å². The van der Waals surface area contributed by atoms with E-state index in [1.54, 1.807) is 30.5 Å². The number of rotatable bonds is 4. The lowest BCUT2D eigenvalue weighted by molar-refractivity contribution is 0.147. The number of likely N-dealkylation sites (tertiary alicyclic amines) is 1. The van der Waals surface area contributed by atoms with Crippen LogP contribution in [0.5, 0.6) is 5.88 Å². The van der Waals surface area contributed by atoms with Gasteiger partial charge in [0, 0.05) is 12.1 Å². The van der Waals surface area contributed by atoms with Gasteiger partial charge in [-0.3, -0.25) is 4.90 Å². The first-order chi connectivity index (χ1) is 14.1. The van der Waals surface area contributed by atoms with Crippen molar-refractivity contribution in [1.29, 1.82) is 0 Å². The molecule has 1 aliphatic heterocycles. The van der Waals surface area contributed by atoms with E-state index >= 15 is 0 Å². The van der Waals surface area contributed by atoms with Crippen LogP contribution in [0.15, 0.2) is 47.1 Å². The van der Waals surface area contributed by atoms with E-state index in [4.69, 9.17) is 4.42 Å². The van der Waals surface area contributed by atoms with E-state index in [1.165, 1.54) is 21.9 Å². The first-order valence-corrected chi connectivity index (χ1v) is 10.5. The molecule has 1 aliphatic rings. The van der Waals surface area contributed by atoms with Crippen molar-refractivity contribution in [3.05, 3.63) is 58.9 Å². The number of hydrogen-bond donors (Lipinski definition) is 1. The predicted molar refractivity (Wildman–Crippen MR) is 108 cm³/mol. The molecule has 4 heterocycles. The topological polar surface area (TPSA) is 66.8 Å². The highest BCUT2D eigenvalue weighted by molar-refractivity contribution is 7.17. The van der Waals surface area contributed by atoms with Crippen LogP contribution < -0.4 is 0 Å². The van der Waals surface area contributed by atoms with Crippen molar-refractivity contribution in [1.82, 2.24) is 19.5 Å². The number of hydrogen-bond acceptors (Lipinski definition) is 6. The zero-order valence-corrected chi connectivity index (χ0v) is 16.8. The molecule has 1 saturated heterocycles. The minimum atomic E-state index is -0.375. The fourth-order valence-electron chi connectivity index (χ4n) is 4.10. The van der Waals surface area contributed by atoms with Crippen LogP contribution in [0.4, 0.5) is 4.39 Å². The molecule has 2 atom stereocenters. The van der Waals surface area contributed by atoms with Crippen molar-refractivity contribution in [3.8, 4) is 17.5 Å². The van der Waals surface area contributed by atoms with Crippen LogP contribution in [0.25, 0.3) is 16.5 Å². The summed E-state index contributed by atoms with van der Waals surface area (Å²) in [6, 6.07) is 9.95. The number of nitrogens with zero attached hydrogens (tertiary/aromatic N) is 4. The molecule has 6 nitrogen and oxygen atoms in total. The summed E-state index contributed by atoms with van der Waals surface area (Å²) in [5.41, 5.74) is 0.563. The maximum absolute atomic E-state index is 14.8. The fourth-order valence-corrected chi connectivity index (χ4v) is 5.21. The molecule has 0 amide bonds. The average molecular weight is 412 g/mol. The maximum atomic E-state index is 14.8. The standard InChI is InChI=1S/C21H21FN4O2S/c1-13-6-4-10-25(12-13)17(14-7-2-3-8-15(14)22)18-20(27)26-21(29-18)23-19(24-26)16-9-5-11-28-16/h2-3,5,7-9,11,13,17,27H,4,6,10,12H2,1H3/t13-,17-/m0/s1. The summed E-state index contributed by atoms with van der Waals surface area (Å²) in [6.07, 6.45) is 3.77. The second-order valence-corrected chi connectivity index (χ2v) is 8.57. The van der Waals surface area contributed by atoms with Crippen LogP contribution in [-0.4, -0.2) is 37.7 Å². The number of furan rings is 1. The highest BCUT2D eigenvalue weighted by atomic mass is 32.1. The zero-order valence-electron chi connectivity index (χ0n) is 16.0. The average Bonchev–Trinajstić information content (AvgIpc) is 3.43. The zero-order chi connectivity index (χ0) is 20.0. The number of halogens is 1. The normalized spacial score (nSPS) is 19.0. The minimum Gasteiger partial charge on any atom is -0.492 e. The van der Waals surface area contributed by atoms with Gasteiger partial charge in [-0.1, -0.05) is 36.5 Å². The Kier molecular flexibility index (Phi) is 4.60. The van der Waals surface area contributed by atoms with Crippen LogP contribution in [0.1, 0.15) is 36.2 Å². The molecule has 8 heteroatoms. The molecule has 0 bridgehead atoms. The fraction of sp³-hybridized carbons (Fsp3) is 0.333. The third-order valence-electron chi connectivity index (χ3n) is 5.44. The Balaban J connectivity index is 1.62. The van der Waals surface area contributed by atoms with Gasteiger partial charge in [-0.2, -0.15) is 9.50 Å². The third kappa shape index (κ3) is 3.22. The minimum absolute atomic E-state index is 0.00165. The van der Waals surface area contributed by atoms with Crippen LogP contribution in [0, 0.1) is 11.7 Å². The monoisotopic (exact) mass is 412 g/mol. The van der Waals surface area contributed by atoms with E-state index < -0.39 is 0 Å². The number of thiazole rings is 1. The van der Waals surface area contributed by atoms with Crippen LogP contribution in [-0.2, 0) is 0 Å². The van der Waals surface area contributed by atoms with E-state index in [1.807, 2.05) is 6.07 Å². The van der Waals surface area contributed by atoms with Crippen LogP contribution >= 0.6 is 11.3 Å². The largest absolute Gasteiger partial charge is 0.492 e. The molecule has 150 valence electrons. The molecule has 0 spiro atoms. The highest BCUT2D eigenvalue weighted by Gasteiger charge is 2.33. The number of benzene rings is 1. The molecule has 29 heavy (non-hydrogen) atoms. The molecular formula is C21H21FN4O2S. The van der Waals surface area contributed by atoms with Gasteiger partial charge in [0.05, 0.1) is 17.2 Å². The molecule has 3 aromatic heterocycles. The number of aromatic hydroxyl groups is 1. The first-order valence-electron chi connectivity index (χ1n) is 9.72. The quantitative estimate of drug-likeness (QED) is 0.526. The molecule has 4 aromatic rings. The first kappa shape index (κ1) is 18.3. The second kappa shape index (κ2) is 7.27. The van der Waals surface area contributed by atoms with Gasteiger partial charge < -0.3 is 9.52 Å².